The van der Waals surface area contributed by atoms with Gasteiger partial charge in [-0.15, -0.1) is 0 Å². The molecule has 0 fully saturated rings. The zero-order valence-corrected chi connectivity index (χ0v) is 17.0. The molecule has 1 aliphatic rings. The van der Waals surface area contributed by atoms with Gasteiger partial charge in [-0.05, 0) is 40.8 Å². The van der Waals surface area contributed by atoms with Crippen molar-refractivity contribution >= 4 is 28.9 Å². The summed E-state index contributed by atoms with van der Waals surface area (Å²) in [4.78, 5) is 12.4. The van der Waals surface area contributed by atoms with Gasteiger partial charge in [-0.3, -0.25) is 4.79 Å². The maximum Gasteiger partial charge on any atom is 0.243 e. The summed E-state index contributed by atoms with van der Waals surface area (Å²) in [5.74, 6) is 0.741. The zero-order valence-electron chi connectivity index (χ0n) is 16.2. The van der Waals surface area contributed by atoms with Gasteiger partial charge in [-0.1, -0.05) is 41.9 Å². The van der Waals surface area contributed by atoms with E-state index in [4.69, 9.17) is 21.1 Å². The minimum absolute atomic E-state index is 0.125. The first-order valence-corrected chi connectivity index (χ1v) is 9.63. The molecule has 1 amide bonds. The summed E-state index contributed by atoms with van der Waals surface area (Å²) in [6.45, 7) is 0.125. The fourth-order valence-corrected chi connectivity index (χ4v) is 3.82. The van der Waals surface area contributed by atoms with E-state index in [0.717, 1.165) is 12.1 Å². The van der Waals surface area contributed by atoms with Gasteiger partial charge in [0.15, 0.2) is 0 Å². The number of carbonyl (C=O) groups excluding carboxylic acids is 1. The van der Waals surface area contributed by atoms with Crippen molar-refractivity contribution in [2.75, 3.05) is 31.4 Å². The molecule has 6 heteroatoms. The van der Waals surface area contributed by atoms with Crippen LogP contribution in [-0.4, -0.2) is 26.7 Å². The number of nitrogens with one attached hydrogen (secondary N) is 2. The van der Waals surface area contributed by atoms with Crippen LogP contribution in [0.4, 0.5) is 11.4 Å². The van der Waals surface area contributed by atoms with Gasteiger partial charge >= 0.3 is 0 Å². The molecule has 0 bridgehead atoms. The van der Waals surface area contributed by atoms with Crippen molar-refractivity contribution < 1.29 is 14.3 Å². The molecule has 2 N–H and O–H groups in total. The number of benzene rings is 3. The standard InChI is InChI=1S/C23H21ClN2O3/c1-28-21-12-20(22(29-2)11-19(21)24)26-23(27)13-25-16-7-8-18-15(10-16)9-14-5-3-4-6-17(14)18/h3-8,10-12,25H,9,13H2,1-2H3,(H,26,27). The largest absolute Gasteiger partial charge is 0.495 e. The quantitative estimate of drug-likeness (QED) is 0.472. The lowest BCUT2D eigenvalue weighted by molar-refractivity contribution is -0.114. The van der Waals surface area contributed by atoms with Crippen molar-refractivity contribution in [1.29, 1.82) is 0 Å². The maximum atomic E-state index is 12.4. The van der Waals surface area contributed by atoms with Crippen molar-refractivity contribution in [3.63, 3.8) is 0 Å². The van der Waals surface area contributed by atoms with E-state index in [9.17, 15) is 4.79 Å². The van der Waals surface area contributed by atoms with E-state index in [-0.39, 0.29) is 12.5 Å². The molecule has 0 atom stereocenters. The van der Waals surface area contributed by atoms with Crippen LogP contribution in [0.1, 0.15) is 11.1 Å². The Bertz CT molecular complexity index is 1080. The minimum Gasteiger partial charge on any atom is -0.495 e. The van der Waals surface area contributed by atoms with Gasteiger partial charge in [-0.2, -0.15) is 0 Å². The van der Waals surface area contributed by atoms with Crippen molar-refractivity contribution in [2.45, 2.75) is 6.42 Å². The molecule has 0 radical (unpaired) electrons. The molecule has 29 heavy (non-hydrogen) atoms. The van der Waals surface area contributed by atoms with Crippen molar-refractivity contribution in [1.82, 2.24) is 0 Å². The van der Waals surface area contributed by atoms with Crippen LogP contribution in [-0.2, 0) is 11.2 Å². The number of fused-ring (bicyclic) bond motifs is 3. The van der Waals surface area contributed by atoms with E-state index < -0.39 is 0 Å². The number of anilines is 2. The highest BCUT2D eigenvalue weighted by Crippen LogP contribution is 2.38. The van der Waals surface area contributed by atoms with E-state index in [1.54, 1.807) is 12.1 Å². The molecular formula is C23H21ClN2O3. The average Bonchev–Trinajstić information content (AvgIpc) is 3.11. The summed E-state index contributed by atoms with van der Waals surface area (Å²) in [6.07, 6.45) is 0.912. The van der Waals surface area contributed by atoms with Gasteiger partial charge in [-0.25, -0.2) is 0 Å². The van der Waals surface area contributed by atoms with E-state index >= 15 is 0 Å². The summed E-state index contributed by atoms with van der Waals surface area (Å²) in [6, 6.07) is 17.9. The highest BCUT2D eigenvalue weighted by atomic mass is 35.5. The predicted octanol–water partition coefficient (Wildman–Crippen LogP) is 4.98. The van der Waals surface area contributed by atoms with Crippen LogP contribution < -0.4 is 20.1 Å². The Morgan fingerprint density at radius 2 is 1.72 bits per heavy atom. The molecule has 0 unspecified atom stereocenters. The normalized spacial score (nSPS) is 11.4. The second kappa shape index (κ2) is 8.05. The molecule has 0 aromatic heterocycles. The minimum atomic E-state index is -0.198. The van der Waals surface area contributed by atoms with E-state index in [2.05, 4.69) is 47.0 Å². The fraction of sp³-hybridized carbons (Fsp3) is 0.174. The van der Waals surface area contributed by atoms with E-state index in [0.29, 0.717) is 22.2 Å². The van der Waals surface area contributed by atoms with E-state index in [1.165, 1.54) is 36.5 Å². The average molecular weight is 409 g/mol. The second-order valence-corrected chi connectivity index (χ2v) is 7.20. The number of carbonyl (C=O) groups is 1. The molecular weight excluding hydrogens is 388 g/mol. The number of hydrogen-bond donors (Lipinski definition) is 2. The zero-order chi connectivity index (χ0) is 20.4. The first-order chi connectivity index (χ1) is 14.1. The van der Waals surface area contributed by atoms with Gasteiger partial charge in [0.25, 0.3) is 0 Å². The van der Waals surface area contributed by atoms with Crippen molar-refractivity contribution in [3.05, 3.63) is 70.7 Å². The molecule has 148 valence electrons. The van der Waals surface area contributed by atoms with Crippen LogP contribution in [0.15, 0.2) is 54.6 Å². The molecule has 3 aromatic rings. The number of rotatable bonds is 6. The molecule has 0 saturated heterocycles. The highest BCUT2D eigenvalue weighted by Gasteiger charge is 2.18. The number of ether oxygens (including phenoxy) is 2. The maximum absolute atomic E-state index is 12.4. The third-order valence-corrected chi connectivity index (χ3v) is 5.29. The van der Waals surface area contributed by atoms with Crippen molar-refractivity contribution in [2.24, 2.45) is 0 Å². The number of methoxy groups -OCH3 is 2. The van der Waals surface area contributed by atoms with Crippen LogP contribution >= 0.6 is 11.6 Å². The van der Waals surface area contributed by atoms with Gasteiger partial charge in [0.1, 0.15) is 11.5 Å². The smallest absolute Gasteiger partial charge is 0.243 e. The Labute approximate surface area is 174 Å². The molecule has 0 spiro atoms. The summed E-state index contributed by atoms with van der Waals surface area (Å²) >= 11 is 6.11. The second-order valence-electron chi connectivity index (χ2n) is 6.79. The number of hydrogen-bond acceptors (Lipinski definition) is 4. The molecule has 0 heterocycles. The lowest BCUT2D eigenvalue weighted by atomic mass is 10.1. The first-order valence-electron chi connectivity index (χ1n) is 9.25. The molecule has 3 aromatic carbocycles. The Hall–Kier alpha value is -3.18. The third-order valence-electron chi connectivity index (χ3n) is 4.99. The summed E-state index contributed by atoms with van der Waals surface area (Å²) in [5.41, 5.74) is 6.56. The number of halogens is 1. The molecule has 4 rings (SSSR count). The summed E-state index contributed by atoms with van der Waals surface area (Å²) < 4.78 is 10.5. The predicted molar refractivity (Wildman–Crippen MR) is 116 cm³/mol. The summed E-state index contributed by atoms with van der Waals surface area (Å²) in [7, 11) is 3.04. The molecule has 1 aliphatic carbocycles. The lowest BCUT2D eigenvalue weighted by Gasteiger charge is -2.14. The van der Waals surface area contributed by atoms with Gasteiger partial charge < -0.3 is 20.1 Å². The first kappa shape index (κ1) is 19.2. The van der Waals surface area contributed by atoms with Crippen LogP contribution in [0.25, 0.3) is 11.1 Å². The molecule has 0 saturated carbocycles. The van der Waals surface area contributed by atoms with Crippen molar-refractivity contribution in [3.8, 4) is 22.6 Å². The monoisotopic (exact) mass is 408 g/mol. The Kier molecular flexibility index (Phi) is 5.32. The van der Waals surface area contributed by atoms with Crippen LogP contribution in [0.3, 0.4) is 0 Å². The van der Waals surface area contributed by atoms with Crippen LogP contribution in [0.2, 0.25) is 5.02 Å². The van der Waals surface area contributed by atoms with Crippen LogP contribution in [0, 0.1) is 0 Å². The SMILES string of the molecule is COc1cc(NC(=O)CNc2ccc3c(c2)Cc2ccccc2-3)c(OC)cc1Cl. The Morgan fingerprint density at radius 3 is 2.52 bits per heavy atom. The van der Waals surface area contributed by atoms with Gasteiger partial charge in [0.2, 0.25) is 5.91 Å². The van der Waals surface area contributed by atoms with Gasteiger partial charge in [0, 0.05) is 17.8 Å². The Morgan fingerprint density at radius 1 is 0.966 bits per heavy atom. The van der Waals surface area contributed by atoms with Crippen LogP contribution in [0.5, 0.6) is 11.5 Å². The Balaban J connectivity index is 1.43. The lowest BCUT2D eigenvalue weighted by Crippen LogP contribution is -2.22. The third kappa shape index (κ3) is 3.87. The molecule has 5 nitrogen and oxygen atoms in total. The summed E-state index contributed by atoms with van der Waals surface area (Å²) in [5, 5.41) is 6.44. The fourth-order valence-electron chi connectivity index (χ4n) is 3.59. The van der Waals surface area contributed by atoms with Gasteiger partial charge in [0.05, 0.1) is 31.5 Å². The highest BCUT2D eigenvalue weighted by molar-refractivity contribution is 6.32. The molecule has 0 aliphatic heterocycles. The number of amides is 1. The topological polar surface area (TPSA) is 59.6 Å². The van der Waals surface area contributed by atoms with E-state index in [1.807, 2.05) is 6.07 Å².